The molecule has 2 heterocycles. The molecule has 7 nitrogen and oxygen atoms in total. The van der Waals surface area contributed by atoms with Crippen molar-refractivity contribution in [3.63, 3.8) is 0 Å². The Kier molecular flexibility index (Phi) is 6.98. The minimum absolute atomic E-state index is 0.0776. The third-order valence-corrected chi connectivity index (χ3v) is 7.85. The smallest absolute Gasteiger partial charge is 0.270 e. The van der Waals surface area contributed by atoms with Crippen LogP contribution in [-0.2, 0) is 4.79 Å². The van der Waals surface area contributed by atoms with Crippen LogP contribution in [0.15, 0.2) is 75.0 Å². The van der Waals surface area contributed by atoms with Gasteiger partial charge < -0.3 is 4.42 Å². The molecular weight excluding hydrogens is 498 g/mol. The molecule has 2 atom stereocenters. The van der Waals surface area contributed by atoms with Crippen molar-refractivity contribution in [2.24, 2.45) is 10.9 Å². The summed E-state index contributed by atoms with van der Waals surface area (Å²) in [6.07, 6.45) is 6.01. The van der Waals surface area contributed by atoms with E-state index in [9.17, 15) is 14.9 Å². The average molecular weight is 522 g/mol. The van der Waals surface area contributed by atoms with Crippen molar-refractivity contribution in [3.05, 3.63) is 86.5 Å². The first-order valence-corrected chi connectivity index (χ1v) is 13.0. The number of benzene rings is 2. The number of nitrogens with zero attached hydrogens (tertiary/aromatic N) is 3. The third-order valence-electron chi connectivity index (χ3n) is 6.54. The number of amides is 1. The average Bonchev–Trinajstić information content (AvgIpc) is 3.45. The summed E-state index contributed by atoms with van der Waals surface area (Å²) in [6, 6.07) is 17.4. The van der Waals surface area contributed by atoms with E-state index in [0.717, 1.165) is 24.9 Å². The highest BCUT2D eigenvalue weighted by molar-refractivity contribution is 8.18. The molecule has 2 aliphatic rings. The molecule has 2 aromatic carbocycles. The molecule has 1 saturated carbocycles. The maximum absolute atomic E-state index is 13.6. The van der Waals surface area contributed by atoms with Crippen molar-refractivity contribution in [1.82, 2.24) is 4.90 Å². The Hall–Kier alpha value is -3.36. The number of rotatable bonds is 5. The number of nitro groups is 1. The molecule has 1 aliphatic heterocycles. The zero-order valence-corrected chi connectivity index (χ0v) is 21.2. The largest absolute Gasteiger partial charge is 0.457 e. The second kappa shape index (κ2) is 10.3. The second-order valence-electron chi connectivity index (χ2n) is 8.97. The van der Waals surface area contributed by atoms with Gasteiger partial charge in [0.05, 0.1) is 20.5 Å². The van der Waals surface area contributed by atoms with Gasteiger partial charge in [-0.05, 0) is 60.9 Å². The van der Waals surface area contributed by atoms with E-state index < -0.39 is 4.92 Å². The maximum Gasteiger partial charge on any atom is 0.270 e. The van der Waals surface area contributed by atoms with E-state index >= 15 is 0 Å². The van der Waals surface area contributed by atoms with Crippen LogP contribution in [0.4, 0.5) is 11.4 Å². The summed E-state index contributed by atoms with van der Waals surface area (Å²) in [5.74, 6) is 1.15. The highest BCUT2D eigenvalue weighted by Gasteiger charge is 2.41. The highest BCUT2D eigenvalue weighted by Crippen LogP contribution is 2.41. The number of furan rings is 1. The van der Waals surface area contributed by atoms with Gasteiger partial charge in [-0.2, -0.15) is 0 Å². The van der Waals surface area contributed by atoms with Crippen molar-refractivity contribution in [2.45, 2.75) is 38.6 Å². The summed E-state index contributed by atoms with van der Waals surface area (Å²) in [5.41, 5.74) is 1.14. The number of hydrogen-bond acceptors (Lipinski definition) is 6. The number of carbonyl (C=O) groups excluding carboxylic acids is 1. The molecule has 3 aromatic rings. The molecule has 1 amide bonds. The van der Waals surface area contributed by atoms with Crippen molar-refractivity contribution >= 4 is 51.9 Å². The molecule has 5 rings (SSSR count). The van der Waals surface area contributed by atoms with Gasteiger partial charge in [0.25, 0.3) is 11.6 Å². The molecular formula is C27H24ClN3O4S. The van der Waals surface area contributed by atoms with Crippen LogP contribution < -0.4 is 0 Å². The van der Waals surface area contributed by atoms with Gasteiger partial charge >= 0.3 is 0 Å². The molecule has 1 aromatic heterocycles. The van der Waals surface area contributed by atoms with Crippen LogP contribution in [0.5, 0.6) is 0 Å². The molecule has 2 fully saturated rings. The number of amidine groups is 1. The van der Waals surface area contributed by atoms with Crippen LogP contribution in [0.1, 0.15) is 38.4 Å². The maximum atomic E-state index is 13.6. The topological polar surface area (TPSA) is 89.0 Å². The third kappa shape index (κ3) is 4.96. The standard InChI is InChI=1S/C27H24ClN3O4S/c1-17-7-5-6-10-23(17)30-26(32)25(36-27(30)29-18-8-3-2-4-9-18)16-20-12-14-24(35-20)21-15-19(31(33)34)11-13-22(21)28/h2-4,8-9,11-17,23H,5-7,10H2,1H3/b25-16-,29-27?/t17-,23+/m0/s1. The van der Waals surface area contributed by atoms with Crippen LogP contribution in [0.25, 0.3) is 17.4 Å². The van der Waals surface area contributed by atoms with E-state index in [2.05, 4.69) is 6.92 Å². The molecule has 184 valence electrons. The molecule has 1 saturated heterocycles. The molecule has 0 spiro atoms. The zero-order valence-electron chi connectivity index (χ0n) is 19.6. The van der Waals surface area contributed by atoms with E-state index in [-0.39, 0.29) is 17.6 Å². The molecule has 36 heavy (non-hydrogen) atoms. The highest BCUT2D eigenvalue weighted by atomic mass is 35.5. The number of halogens is 1. The second-order valence-corrected chi connectivity index (χ2v) is 10.4. The summed E-state index contributed by atoms with van der Waals surface area (Å²) in [4.78, 5) is 31.5. The van der Waals surface area contributed by atoms with E-state index in [0.29, 0.717) is 38.1 Å². The number of thioether (sulfide) groups is 1. The first-order chi connectivity index (χ1) is 17.4. The van der Waals surface area contributed by atoms with Crippen molar-refractivity contribution < 1.29 is 14.1 Å². The predicted molar refractivity (Wildman–Crippen MR) is 143 cm³/mol. The van der Waals surface area contributed by atoms with Crippen LogP contribution in [0, 0.1) is 16.0 Å². The van der Waals surface area contributed by atoms with Gasteiger partial charge in [-0.25, -0.2) is 4.99 Å². The van der Waals surface area contributed by atoms with Crippen molar-refractivity contribution in [3.8, 4) is 11.3 Å². The first kappa shape index (κ1) is 24.3. The summed E-state index contributed by atoms with van der Waals surface area (Å²) in [7, 11) is 0. The van der Waals surface area contributed by atoms with E-state index in [4.69, 9.17) is 21.0 Å². The van der Waals surface area contributed by atoms with E-state index in [1.807, 2.05) is 35.2 Å². The van der Waals surface area contributed by atoms with Crippen molar-refractivity contribution in [1.29, 1.82) is 0 Å². The first-order valence-electron chi connectivity index (χ1n) is 11.8. The van der Waals surface area contributed by atoms with Crippen LogP contribution in [-0.4, -0.2) is 26.9 Å². The Morgan fingerprint density at radius 1 is 1.14 bits per heavy atom. The number of aliphatic imine (C=N–C) groups is 1. The summed E-state index contributed by atoms with van der Waals surface area (Å²) in [5, 5.41) is 12.2. The van der Waals surface area contributed by atoms with Crippen LogP contribution in [0.3, 0.4) is 0 Å². The Labute approximate surface area is 218 Å². The van der Waals surface area contributed by atoms with Gasteiger partial charge in [0.1, 0.15) is 11.5 Å². The number of para-hydroxylation sites is 1. The predicted octanol–water partition coefficient (Wildman–Crippen LogP) is 7.69. The van der Waals surface area contributed by atoms with E-state index in [1.165, 1.54) is 36.4 Å². The minimum Gasteiger partial charge on any atom is -0.457 e. The van der Waals surface area contributed by atoms with Gasteiger partial charge in [0.2, 0.25) is 0 Å². The number of non-ortho nitro benzene ring substituents is 1. The summed E-state index contributed by atoms with van der Waals surface area (Å²) < 4.78 is 5.94. The van der Waals surface area contributed by atoms with Gasteiger partial charge in [-0.15, -0.1) is 0 Å². The molecule has 0 unspecified atom stereocenters. The molecule has 0 radical (unpaired) electrons. The quantitative estimate of drug-likeness (QED) is 0.195. The zero-order chi connectivity index (χ0) is 25.2. The van der Waals surface area contributed by atoms with Crippen LogP contribution >= 0.6 is 23.4 Å². The fraction of sp³-hybridized carbons (Fsp3) is 0.259. The minimum atomic E-state index is -0.478. The number of hydrogen-bond donors (Lipinski definition) is 0. The fourth-order valence-corrected chi connectivity index (χ4v) is 5.91. The molecule has 0 N–H and O–H groups in total. The number of nitro benzene ring substituents is 1. The Morgan fingerprint density at radius 3 is 2.67 bits per heavy atom. The van der Waals surface area contributed by atoms with Gasteiger partial charge in [-0.1, -0.05) is 49.6 Å². The van der Waals surface area contributed by atoms with Gasteiger partial charge in [-0.3, -0.25) is 19.8 Å². The van der Waals surface area contributed by atoms with E-state index in [1.54, 1.807) is 18.2 Å². The van der Waals surface area contributed by atoms with Crippen molar-refractivity contribution in [2.75, 3.05) is 0 Å². The Bertz CT molecular complexity index is 1370. The lowest BCUT2D eigenvalue weighted by Crippen LogP contribution is -2.44. The summed E-state index contributed by atoms with van der Waals surface area (Å²) >= 11 is 7.61. The molecule has 1 aliphatic carbocycles. The fourth-order valence-electron chi connectivity index (χ4n) is 4.67. The molecule has 9 heteroatoms. The lowest BCUT2D eigenvalue weighted by molar-refractivity contribution is -0.384. The Morgan fingerprint density at radius 2 is 1.92 bits per heavy atom. The lowest BCUT2D eigenvalue weighted by atomic mass is 9.85. The monoisotopic (exact) mass is 521 g/mol. The number of carbonyl (C=O) groups is 1. The van der Waals surface area contributed by atoms with Gasteiger partial charge in [0.15, 0.2) is 5.17 Å². The normalized spacial score (nSPS) is 22.5. The lowest BCUT2D eigenvalue weighted by Gasteiger charge is -2.35. The molecule has 0 bridgehead atoms. The Balaban J connectivity index is 1.48. The van der Waals surface area contributed by atoms with Gasteiger partial charge in [0, 0.05) is 29.8 Å². The van der Waals surface area contributed by atoms with Crippen LogP contribution in [0.2, 0.25) is 5.02 Å². The summed E-state index contributed by atoms with van der Waals surface area (Å²) in [6.45, 7) is 2.20. The SMILES string of the molecule is C[C@H]1CCCC[C@H]1N1C(=O)/C(=C/c2ccc(-c3cc([N+](=O)[O-])ccc3Cl)o2)SC1=Nc1ccccc1.